The maximum Gasteiger partial charge on any atom is -1.00 e. The van der Waals surface area contributed by atoms with Crippen LogP contribution in [0.25, 0.3) is 0 Å². The van der Waals surface area contributed by atoms with Gasteiger partial charge in [0.15, 0.2) is 0 Å². The van der Waals surface area contributed by atoms with E-state index < -0.39 is 0 Å². The fourth-order valence-corrected chi connectivity index (χ4v) is 6.94. The summed E-state index contributed by atoms with van der Waals surface area (Å²) in [6.07, 6.45) is 1.06. The van der Waals surface area contributed by atoms with E-state index in [1.54, 1.807) is 0 Å². The van der Waals surface area contributed by atoms with Gasteiger partial charge >= 0.3 is 213 Å². The molecule has 0 heterocycles. The molecule has 0 bridgehead atoms. The van der Waals surface area contributed by atoms with E-state index in [1.807, 2.05) is 0 Å². The van der Waals surface area contributed by atoms with Crippen molar-refractivity contribution in [3.8, 4) is 0 Å². The van der Waals surface area contributed by atoms with E-state index in [1.165, 1.54) is 70.7 Å². The summed E-state index contributed by atoms with van der Waals surface area (Å²) < 4.78 is 1.49. The Labute approximate surface area is 248 Å². The number of allylic oxidation sites excluding steroid dienone is 4. The Bertz CT molecular complexity index is 1150. The van der Waals surface area contributed by atoms with Crippen LogP contribution in [0.3, 0.4) is 0 Å². The summed E-state index contributed by atoms with van der Waals surface area (Å²) in [7, 11) is 0. The Morgan fingerprint density at radius 3 is 1.00 bits per heavy atom. The van der Waals surface area contributed by atoms with Crippen molar-refractivity contribution in [1.82, 2.24) is 0 Å². The van der Waals surface area contributed by atoms with Crippen LogP contribution in [0.4, 0.5) is 0 Å². The van der Waals surface area contributed by atoms with E-state index in [-0.39, 0.29) is 42.6 Å². The van der Waals surface area contributed by atoms with Gasteiger partial charge in [0.1, 0.15) is 0 Å². The Morgan fingerprint density at radius 2 is 0.778 bits per heavy atom. The third kappa shape index (κ3) is 5.90. The van der Waals surface area contributed by atoms with E-state index in [0.29, 0.717) is 0 Å². The maximum absolute atomic E-state index is 2.42. The largest absolute Gasteiger partial charge is 1.00 e. The van der Waals surface area contributed by atoms with Gasteiger partial charge < -0.3 is 37.2 Å². The van der Waals surface area contributed by atoms with Crippen LogP contribution < -0.4 is 37.2 Å². The van der Waals surface area contributed by atoms with Gasteiger partial charge in [0, 0.05) is 0 Å². The van der Waals surface area contributed by atoms with Gasteiger partial charge in [-0.3, -0.25) is 0 Å². The van der Waals surface area contributed by atoms with Crippen LogP contribution >= 0.6 is 0 Å². The molecule has 3 aromatic carbocycles. The summed E-state index contributed by atoms with van der Waals surface area (Å²) >= 11 is 2.35. The van der Waals surface area contributed by atoms with Gasteiger partial charge in [-0.15, -0.1) is 0 Å². The molecule has 0 fully saturated rings. The smallest absolute Gasteiger partial charge is 1.00 e. The molecule has 188 valence electrons. The Hall–Kier alpha value is -1.28. The maximum atomic E-state index is 2.42. The summed E-state index contributed by atoms with van der Waals surface area (Å²) in [5.41, 5.74) is 16.1. The summed E-state index contributed by atoms with van der Waals surface area (Å²) in [4.78, 5) is 0. The van der Waals surface area contributed by atoms with Crippen molar-refractivity contribution in [3.63, 3.8) is 0 Å². The first-order valence-corrected chi connectivity index (χ1v) is 12.7. The number of hydrogen-bond acceptors (Lipinski definition) is 0. The van der Waals surface area contributed by atoms with Crippen molar-refractivity contribution in [2.75, 3.05) is 0 Å². The molecule has 0 saturated carbocycles. The van der Waals surface area contributed by atoms with Crippen LogP contribution in [0.1, 0.15) is 70.3 Å². The molecule has 36 heavy (non-hydrogen) atoms. The van der Waals surface area contributed by atoms with Crippen LogP contribution in [-0.2, 0) is 25.9 Å². The van der Waals surface area contributed by atoms with E-state index in [0.717, 1.165) is 6.42 Å². The standard InChI is InChI=1S/C32H35.3ClH.Ti/c1-20-11-21(2)15-28(14-20)32(31-10-9-26(7)27(31)8,29-16-22(3)12-23(4)17-29)30-18-24(5)13-25(6)19-30;;;;/h11-19H,9H2,1-8H3;3*1H;/q;;;;+3/p-3. The average Bonchev–Trinajstić information content (AvgIpc) is 2.93. The molecule has 0 amide bonds. The number of hydrogen-bond donors (Lipinski definition) is 0. The normalized spacial score (nSPS) is 13.3. The SMILES string of the molecule is CC1=C(C)C(C(c2cc(C)cc(C)c2)(c2cc(C)cc(C)c2)c2cc(C)cc(C)c2)=[C]([Ti+3])C1.[Cl-].[Cl-].[Cl-]. The van der Waals surface area contributed by atoms with Crippen molar-refractivity contribution in [2.45, 2.75) is 67.2 Å². The molecular formula is C32H35Cl3Ti. The molecule has 1 aliphatic rings. The van der Waals surface area contributed by atoms with Crippen molar-refractivity contribution < 1.29 is 57.7 Å². The van der Waals surface area contributed by atoms with Crippen molar-refractivity contribution >= 4 is 0 Å². The van der Waals surface area contributed by atoms with Crippen molar-refractivity contribution in [2.24, 2.45) is 0 Å². The third-order valence-electron chi connectivity index (χ3n) is 7.10. The van der Waals surface area contributed by atoms with Crippen LogP contribution in [0.15, 0.2) is 75.2 Å². The molecule has 0 saturated heterocycles. The summed E-state index contributed by atoms with van der Waals surface area (Å²) in [5, 5.41) is 0. The van der Waals surface area contributed by atoms with Gasteiger partial charge in [0.2, 0.25) is 0 Å². The van der Waals surface area contributed by atoms with Gasteiger partial charge in [-0.05, 0) is 0 Å². The van der Waals surface area contributed by atoms with Crippen molar-refractivity contribution in [3.05, 3.63) is 125 Å². The topological polar surface area (TPSA) is 0 Å². The van der Waals surface area contributed by atoms with E-state index in [4.69, 9.17) is 0 Å². The molecule has 4 heteroatoms. The molecule has 4 rings (SSSR count). The summed E-state index contributed by atoms with van der Waals surface area (Å²) in [5.74, 6) is 0. The van der Waals surface area contributed by atoms with Crippen molar-refractivity contribution in [1.29, 1.82) is 0 Å². The predicted molar refractivity (Wildman–Crippen MR) is 138 cm³/mol. The molecule has 3 aromatic rings. The Kier molecular flexibility index (Phi) is 11.4. The van der Waals surface area contributed by atoms with Crippen LogP contribution in [0.2, 0.25) is 0 Å². The number of benzene rings is 3. The van der Waals surface area contributed by atoms with Gasteiger partial charge in [-0.2, -0.15) is 0 Å². The minimum Gasteiger partial charge on any atom is -1.00 e. The Balaban J connectivity index is 0.00000216. The van der Waals surface area contributed by atoms with Gasteiger partial charge in [0.25, 0.3) is 0 Å². The Morgan fingerprint density at radius 1 is 0.500 bits per heavy atom. The predicted octanol–water partition coefficient (Wildman–Crippen LogP) is -0.575. The summed E-state index contributed by atoms with van der Waals surface area (Å²) in [6, 6.07) is 21.4. The molecule has 1 aliphatic carbocycles. The number of aryl methyl sites for hydroxylation is 6. The fourth-order valence-electron chi connectivity index (χ4n) is 5.94. The zero-order valence-corrected chi connectivity index (χ0v) is 26.4. The second-order valence-electron chi connectivity index (χ2n) is 10.3. The van der Waals surface area contributed by atoms with E-state index in [9.17, 15) is 0 Å². The zero-order chi connectivity index (χ0) is 24.1. The first-order chi connectivity index (χ1) is 15.5. The zero-order valence-electron chi connectivity index (χ0n) is 22.5. The van der Waals surface area contributed by atoms with Crippen LogP contribution in [0.5, 0.6) is 0 Å². The fraction of sp³-hybridized carbons (Fsp3) is 0.312. The number of rotatable bonds is 4. The quantitative estimate of drug-likeness (QED) is 0.290. The second-order valence-corrected chi connectivity index (χ2v) is 11.3. The molecule has 0 N–H and O–H groups in total. The molecule has 0 unspecified atom stereocenters. The molecule has 0 nitrogen and oxygen atoms in total. The van der Waals surface area contributed by atoms with Gasteiger partial charge in [-0.1, -0.05) is 0 Å². The van der Waals surface area contributed by atoms with Gasteiger partial charge in [0.05, 0.1) is 0 Å². The minimum absolute atomic E-state index is 0. The van der Waals surface area contributed by atoms with Gasteiger partial charge in [-0.25, -0.2) is 0 Å². The molecule has 0 atom stereocenters. The van der Waals surface area contributed by atoms with Crippen LogP contribution in [-0.4, -0.2) is 0 Å². The molecular weight excluding hydrogens is 539 g/mol. The van der Waals surface area contributed by atoms with E-state index >= 15 is 0 Å². The van der Waals surface area contributed by atoms with E-state index in [2.05, 4.69) is 130 Å². The molecule has 0 aliphatic heterocycles. The first-order valence-electron chi connectivity index (χ1n) is 11.9. The second kappa shape index (κ2) is 12.5. The minimum atomic E-state index is -0.351. The number of halogens is 3. The van der Waals surface area contributed by atoms with Crippen LogP contribution in [0, 0.1) is 41.5 Å². The third-order valence-corrected chi connectivity index (χ3v) is 7.76. The molecule has 0 spiro atoms. The first kappa shape index (κ1) is 32.8. The average molecular weight is 574 g/mol. The molecule has 0 aromatic heterocycles. The monoisotopic (exact) mass is 572 g/mol. The summed E-state index contributed by atoms with van der Waals surface area (Å²) in [6.45, 7) is 18.0. The molecule has 0 radical (unpaired) electrons.